The summed E-state index contributed by atoms with van der Waals surface area (Å²) in [7, 11) is 0. The van der Waals surface area contributed by atoms with Crippen molar-refractivity contribution in [3.05, 3.63) is 41.7 Å². The van der Waals surface area contributed by atoms with Crippen molar-refractivity contribution < 1.29 is 9.90 Å². The Labute approximate surface area is 122 Å². The summed E-state index contributed by atoms with van der Waals surface area (Å²) in [5, 5.41) is 20.4. The Hall–Kier alpha value is -2.25. The van der Waals surface area contributed by atoms with E-state index in [0.29, 0.717) is 19.6 Å². The first-order chi connectivity index (χ1) is 10.3. The van der Waals surface area contributed by atoms with E-state index >= 15 is 0 Å². The zero-order valence-corrected chi connectivity index (χ0v) is 11.6. The molecule has 0 unspecified atom stereocenters. The second-order valence-corrected chi connectivity index (χ2v) is 5.00. The van der Waals surface area contributed by atoms with Crippen molar-refractivity contribution in [3.63, 3.8) is 0 Å². The molecule has 2 N–H and O–H groups in total. The van der Waals surface area contributed by atoms with Crippen molar-refractivity contribution in [3.8, 4) is 5.69 Å². The molecule has 0 spiro atoms. The summed E-state index contributed by atoms with van der Waals surface area (Å²) in [6.45, 7) is 2.42. The third-order valence-electron chi connectivity index (χ3n) is 3.45. The molecule has 1 aromatic carbocycles. The predicted molar refractivity (Wildman–Crippen MR) is 75.6 cm³/mol. The Morgan fingerprint density at radius 1 is 1.33 bits per heavy atom. The van der Waals surface area contributed by atoms with Crippen LogP contribution in [0.3, 0.4) is 0 Å². The maximum absolute atomic E-state index is 11.4. The number of benzene rings is 1. The van der Waals surface area contributed by atoms with Gasteiger partial charge in [0.15, 0.2) is 0 Å². The van der Waals surface area contributed by atoms with Crippen LogP contribution in [0.1, 0.15) is 11.3 Å². The highest BCUT2D eigenvalue weighted by molar-refractivity contribution is 5.78. The molecule has 0 bridgehead atoms. The first-order valence-corrected chi connectivity index (χ1v) is 6.85. The van der Waals surface area contributed by atoms with Gasteiger partial charge in [-0.15, -0.1) is 5.10 Å². The third kappa shape index (κ3) is 3.09. The lowest BCUT2D eigenvalue weighted by atomic mass is 10.2. The van der Waals surface area contributed by atoms with Crippen molar-refractivity contribution >= 4 is 5.91 Å². The molecule has 1 amide bonds. The minimum absolute atomic E-state index is 0.0410. The second kappa shape index (κ2) is 6.02. The Morgan fingerprint density at radius 3 is 3.00 bits per heavy atom. The Bertz CT molecular complexity index is 640. The number of hydrogen-bond donors (Lipinski definition) is 2. The number of carbonyl (C=O) groups excluding carboxylic acids is 1. The molecule has 2 heterocycles. The number of para-hydroxylation sites is 1. The van der Waals surface area contributed by atoms with Gasteiger partial charge in [-0.05, 0) is 6.07 Å². The highest BCUT2D eigenvalue weighted by Crippen LogP contribution is 2.14. The van der Waals surface area contributed by atoms with E-state index < -0.39 is 0 Å². The van der Waals surface area contributed by atoms with Crippen LogP contribution in [0.25, 0.3) is 5.69 Å². The Morgan fingerprint density at radius 2 is 2.19 bits per heavy atom. The van der Waals surface area contributed by atoms with Crippen molar-refractivity contribution in [1.82, 2.24) is 25.2 Å². The van der Waals surface area contributed by atoms with Crippen molar-refractivity contribution in [1.29, 1.82) is 0 Å². The average molecular weight is 287 g/mol. The van der Waals surface area contributed by atoms with E-state index in [1.54, 1.807) is 4.68 Å². The van der Waals surface area contributed by atoms with Crippen LogP contribution in [-0.2, 0) is 17.9 Å². The summed E-state index contributed by atoms with van der Waals surface area (Å²) in [4.78, 5) is 13.4. The molecule has 0 atom stereocenters. The molecule has 7 heteroatoms. The summed E-state index contributed by atoms with van der Waals surface area (Å²) in [5.41, 5.74) is 2.42. The SMILES string of the molecule is O=C1CN(Cc2cn(-c3ccccc3CO)nn2)CCN1. The fourth-order valence-electron chi connectivity index (χ4n) is 2.41. The molecule has 1 fully saturated rings. The lowest BCUT2D eigenvalue weighted by Crippen LogP contribution is -2.47. The maximum Gasteiger partial charge on any atom is 0.234 e. The number of carbonyl (C=O) groups is 1. The Balaban J connectivity index is 1.75. The molecule has 1 aromatic heterocycles. The van der Waals surface area contributed by atoms with E-state index in [1.807, 2.05) is 35.4 Å². The summed E-state index contributed by atoms with van der Waals surface area (Å²) >= 11 is 0. The van der Waals surface area contributed by atoms with Crippen LogP contribution in [0.4, 0.5) is 0 Å². The van der Waals surface area contributed by atoms with Gasteiger partial charge in [0.2, 0.25) is 5.91 Å². The Kier molecular flexibility index (Phi) is 3.94. The van der Waals surface area contributed by atoms with Crippen molar-refractivity contribution in [2.45, 2.75) is 13.2 Å². The van der Waals surface area contributed by atoms with E-state index in [1.165, 1.54) is 0 Å². The topological polar surface area (TPSA) is 83.3 Å². The van der Waals surface area contributed by atoms with Gasteiger partial charge in [0, 0.05) is 25.2 Å². The highest BCUT2D eigenvalue weighted by atomic mass is 16.3. The maximum atomic E-state index is 11.4. The van der Waals surface area contributed by atoms with E-state index in [4.69, 9.17) is 0 Å². The lowest BCUT2D eigenvalue weighted by Gasteiger charge is -2.25. The van der Waals surface area contributed by atoms with Crippen molar-refractivity contribution in [2.75, 3.05) is 19.6 Å². The standard InChI is InChI=1S/C14H17N5O2/c20-10-11-3-1-2-4-13(11)19-8-12(16-17-19)7-18-6-5-15-14(21)9-18/h1-4,8,20H,5-7,9-10H2,(H,15,21). The van der Waals surface area contributed by atoms with Gasteiger partial charge in [-0.2, -0.15) is 0 Å². The number of nitrogens with zero attached hydrogens (tertiary/aromatic N) is 4. The van der Waals surface area contributed by atoms with E-state index in [2.05, 4.69) is 15.6 Å². The zero-order valence-electron chi connectivity index (χ0n) is 11.6. The molecule has 0 radical (unpaired) electrons. The normalized spacial score (nSPS) is 16.0. The first kappa shape index (κ1) is 13.7. The molecule has 2 aromatic rings. The minimum atomic E-state index is -0.0440. The number of aliphatic hydroxyl groups is 1. The van der Waals surface area contributed by atoms with E-state index in [0.717, 1.165) is 23.5 Å². The van der Waals surface area contributed by atoms with Crippen LogP contribution in [-0.4, -0.2) is 50.5 Å². The number of aromatic nitrogens is 3. The number of piperazine rings is 1. The van der Waals surface area contributed by atoms with Gasteiger partial charge in [-0.3, -0.25) is 9.69 Å². The van der Waals surface area contributed by atoms with E-state index in [-0.39, 0.29) is 12.5 Å². The van der Waals surface area contributed by atoms with Crippen LogP contribution < -0.4 is 5.32 Å². The monoisotopic (exact) mass is 287 g/mol. The van der Waals surface area contributed by atoms with Gasteiger partial charge in [0.25, 0.3) is 0 Å². The summed E-state index contributed by atoms with van der Waals surface area (Å²) in [6, 6.07) is 7.51. The van der Waals surface area contributed by atoms with Crippen molar-refractivity contribution in [2.24, 2.45) is 0 Å². The number of amides is 1. The van der Waals surface area contributed by atoms with Crippen LogP contribution >= 0.6 is 0 Å². The molecule has 0 saturated carbocycles. The molecular formula is C14H17N5O2. The van der Waals surface area contributed by atoms with Crippen LogP contribution in [0, 0.1) is 0 Å². The quantitative estimate of drug-likeness (QED) is 0.806. The fraction of sp³-hybridized carbons (Fsp3) is 0.357. The average Bonchev–Trinajstić information content (AvgIpc) is 2.95. The molecule has 21 heavy (non-hydrogen) atoms. The van der Waals surface area contributed by atoms with Crippen LogP contribution in [0.5, 0.6) is 0 Å². The molecule has 1 aliphatic rings. The molecular weight excluding hydrogens is 270 g/mol. The zero-order chi connectivity index (χ0) is 14.7. The molecule has 110 valence electrons. The van der Waals surface area contributed by atoms with Gasteiger partial charge >= 0.3 is 0 Å². The summed E-state index contributed by atoms with van der Waals surface area (Å²) in [5.74, 6) is 0.0410. The van der Waals surface area contributed by atoms with Gasteiger partial charge in [-0.1, -0.05) is 23.4 Å². The van der Waals surface area contributed by atoms with Crippen LogP contribution in [0.2, 0.25) is 0 Å². The highest BCUT2D eigenvalue weighted by Gasteiger charge is 2.17. The fourth-order valence-corrected chi connectivity index (χ4v) is 2.41. The lowest BCUT2D eigenvalue weighted by molar-refractivity contribution is -0.124. The van der Waals surface area contributed by atoms with Gasteiger partial charge in [0.05, 0.1) is 30.7 Å². The van der Waals surface area contributed by atoms with Gasteiger partial charge in [-0.25, -0.2) is 4.68 Å². The smallest absolute Gasteiger partial charge is 0.234 e. The minimum Gasteiger partial charge on any atom is -0.392 e. The molecule has 1 aliphatic heterocycles. The molecule has 7 nitrogen and oxygen atoms in total. The van der Waals surface area contributed by atoms with Gasteiger partial charge < -0.3 is 10.4 Å². The number of rotatable bonds is 4. The number of nitrogens with one attached hydrogen (secondary N) is 1. The number of aliphatic hydroxyl groups excluding tert-OH is 1. The molecule has 3 rings (SSSR count). The largest absolute Gasteiger partial charge is 0.392 e. The van der Waals surface area contributed by atoms with Crippen LogP contribution in [0.15, 0.2) is 30.5 Å². The summed E-state index contributed by atoms with van der Waals surface area (Å²) in [6.07, 6.45) is 1.83. The summed E-state index contributed by atoms with van der Waals surface area (Å²) < 4.78 is 1.66. The molecule has 1 saturated heterocycles. The second-order valence-electron chi connectivity index (χ2n) is 5.00. The molecule has 0 aliphatic carbocycles. The third-order valence-corrected chi connectivity index (χ3v) is 3.45. The predicted octanol–water partition coefficient (Wildman–Crippen LogP) is -0.309. The van der Waals surface area contributed by atoms with E-state index in [9.17, 15) is 9.90 Å². The van der Waals surface area contributed by atoms with Gasteiger partial charge in [0.1, 0.15) is 0 Å². The number of hydrogen-bond acceptors (Lipinski definition) is 5. The first-order valence-electron chi connectivity index (χ1n) is 6.85.